The van der Waals surface area contributed by atoms with Crippen LogP contribution in [0.3, 0.4) is 0 Å². The van der Waals surface area contributed by atoms with Crippen molar-refractivity contribution in [3.63, 3.8) is 0 Å². The van der Waals surface area contributed by atoms with Crippen LogP contribution < -0.4 is 0 Å². The minimum absolute atomic E-state index is 0.0682. The third kappa shape index (κ3) is 2.03. The molecule has 2 fully saturated rings. The minimum atomic E-state index is -0.410. The predicted octanol–water partition coefficient (Wildman–Crippen LogP) is 1.06. The second-order valence-electron chi connectivity index (χ2n) is 4.06. The standard InChI is InChI=1S/C11H14O4/c1-2-10(12)15-8-5-7-3-4-14-11(13)9(7)6-8/h2,7-9H,1,3-6H2. The summed E-state index contributed by atoms with van der Waals surface area (Å²) in [6, 6.07) is 0. The Labute approximate surface area is 88.2 Å². The summed E-state index contributed by atoms with van der Waals surface area (Å²) < 4.78 is 10.1. The average Bonchev–Trinajstić information content (AvgIpc) is 2.62. The number of hydrogen-bond acceptors (Lipinski definition) is 4. The zero-order chi connectivity index (χ0) is 10.8. The molecular formula is C11H14O4. The van der Waals surface area contributed by atoms with Crippen LogP contribution in [0.4, 0.5) is 0 Å². The van der Waals surface area contributed by atoms with Crippen molar-refractivity contribution in [2.45, 2.75) is 25.4 Å². The van der Waals surface area contributed by atoms with Crippen LogP contribution in [0.15, 0.2) is 12.7 Å². The van der Waals surface area contributed by atoms with Gasteiger partial charge < -0.3 is 9.47 Å². The first-order valence-corrected chi connectivity index (χ1v) is 5.20. The molecule has 0 spiro atoms. The molecule has 1 aliphatic carbocycles. The van der Waals surface area contributed by atoms with Crippen LogP contribution in [0.1, 0.15) is 19.3 Å². The summed E-state index contributed by atoms with van der Waals surface area (Å²) in [6.45, 7) is 3.84. The quantitative estimate of drug-likeness (QED) is 0.505. The molecule has 0 radical (unpaired) electrons. The summed E-state index contributed by atoms with van der Waals surface area (Å²) in [5.41, 5.74) is 0. The van der Waals surface area contributed by atoms with Crippen molar-refractivity contribution in [2.24, 2.45) is 11.8 Å². The summed E-state index contributed by atoms with van der Waals surface area (Å²) in [6.07, 6.45) is 3.28. The first-order chi connectivity index (χ1) is 7.20. The number of fused-ring (bicyclic) bond motifs is 1. The monoisotopic (exact) mass is 210 g/mol. The van der Waals surface area contributed by atoms with Gasteiger partial charge in [0.05, 0.1) is 12.5 Å². The van der Waals surface area contributed by atoms with Crippen LogP contribution >= 0.6 is 0 Å². The van der Waals surface area contributed by atoms with Crippen molar-refractivity contribution in [2.75, 3.05) is 6.61 Å². The van der Waals surface area contributed by atoms with Crippen LogP contribution in [-0.4, -0.2) is 24.6 Å². The van der Waals surface area contributed by atoms with Crippen molar-refractivity contribution in [1.29, 1.82) is 0 Å². The number of ether oxygens (including phenoxy) is 2. The maximum absolute atomic E-state index is 11.4. The van der Waals surface area contributed by atoms with Crippen LogP contribution in [0.25, 0.3) is 0 Å². The Morgan fingerprint density at radius 3 is 3.00 bits per heavy atom. The number of rotatable bonds is 2. The van der Waals surface area contributed by atoms with Gasteiger partial charge in [0.25, 0.3) is 0 Å². The zero-order valence-electron chi connectivity index (χ0n) is 8.48. The number of cyclic esters (lactones) is 1. The fourth-order valence-electron chi connectivity index (χ4n) is 2.41. The molecule has 4 heteroatoms. The summed E-state index contributed by atoms with van der Waals surface area (Å²) in [5, 5.41) is 0. The molecule has 2 rings (SSSR count). The van der Waals surface area contributed by atoms with Gasteiger partial charge in [-0.15, -0.1) is 0 Å². The van der Waals surface area contributed by atoms with Crippen molar-refractivity contribution in [3.8, 4) is 0 Å². The average molecular weight is 210 g/mol. The molecule has 82 valence electrons. The molecule has 2 aliphatic rings. The molecule has 0 aromatic rings. The van der Waals surface area contributed by atoms with E-state index < -0.39 is 5.97 Å². The molecule has 0 aromatic carbocycles. The third-order valence-electron chi connectivity index (χ3n) is 3.14. The van der Waals surface area contributed by atoms with Gasteiger partial charge in [-0.3, -0.25) is 4.79 Å². The van der Waals surface area contributed by atoms with Gasteiger partial charge in [-0.05, 0) is 25.2 Å². The Balaban J connectivity index is 1.95. The molecule has 3 unspecified atom stereocenters. The van der Waals surface area contributed by atoms with E-state index in [4.69, 9.17) is 9.47 Å². The van der Waals surface area contributed by atoms with Gasteiger partial charge in [-0.1, -0.05) is 6.58 Å². The third-order valence-corrected chi connectivity index (χ3v) is 3.14. The number of carbonyl (C=O) groups excluding carboxylic acids is 2. The van der Waals surface area contributed by atoms with Gasteiger partial charge in [0.15, 0.2) is 0 Å². The second kappa shape index (κ2) is 4.04. The Morgan fingerprint density at radius 2 is 2.33 bits per heavy atom. The van der Waals surface area contributed by atoms with E-state index in [1.165, 1.54) is 0 Å². The molecular weight excluding hydrogens is 196 g/mol. The van der Waals surface area contributed by atoms with Gasteiger partial charge in [0.2, 0.25) is 0 Å². The molecule has 1 saturated heterocycles. The highest BCUT2D eigenvalue weighted by Crippen LogP contribution is 2.39. The molecule has 0 amide bonds. The molecule has 4 nitrogen and oxygen atoms in total. The fraction of sp³-hybridized carbons (Fsp3) is 0.636. The van der Waals surface area contributed by atoms with Crippen molar-refractivity contribution < 1.29 is 19.1 Å². The van der Waals surface area contributed by atoms with Crippen molar-refractivity contribution in [1.82, 2.24) is 0 Å². The second-order valence-corrected chi connectivity index (χ2v) is 4.06. The molecule has 1 heterocycles. The highest BCUT2D eigenvalue weighted by molar-refractivity contribution is 5.81. The number of esters is 2. The first-order valence-electron chi connectivity index (χ1n) is 5.20. The van der Waals surface area contributed by atoms with Crippen LogP contribution in [0.5, 0.6) is 0 Å². The van der Waals surface area contributed by atoms with Crippen LogP contribution in [0.2, 0.25) is 0 Å². The van der Waals surface area contributed by atoms with E-state index in [0.29, 0.717) is 18.9 Å². The Kier molecular flexibility index (Phi) is 2.75. The molecule has 0 N–H and O–H groups in total. The lowest BCUT2D eigenvalue weighted by Crippen LogP contribution is -2.28. The van der Waals surface area contributed by atoms with Gasteiger partial charge in [0.1, 0.15) is 6.10 Å². The first kappa shape index (κ1) is 10.2. The minimum Gasteiger partial charge on any atom is -0.465 e. The summed E-state index contributed by atoms with van der Waals surface area (Å²) in [4.78, 5) is 22.4. The van der Waals surface area contributed by atoms with E-state index >= 15 is 0 Å². The normalized spacial score (nSPS) is 34.1. The van der Waals surface area contributed by atoms with Gasteiger partial charge >= 0.3 is 11.9 Å². The van der Waals surface area contributed by atoms with E-state index in [0.717, 1.165) is 18.9 Å². The highest BCUT2D eigenvalue weighted by atomic mass is 16.5. The molecule has 3 atom stereocenters. The lowest BCUT2D eigenvalue weighted by atomic mass is 9.91. The molecule has 0 aromatic heterocycles. The smallest absolute Gasteiger partial charge is 0.330 e. The Bertz CT molecular complexity index is 297. The maximum Gasteiger partial charge on any atom is 0.330 e. The summed E-state index contributed by atoms with van der Waals surface area (Å²) in [5.74, 6) is -0.286. The van der Waals surface area contributed by atoms with E-state index in [2.05, 4.69) is 6.58 Å². The lowest BCUT2D eigenvalue weighted by molar-refractivity contribution is -0.155. The fourth-order valence-corrected chi connectivity index (χ4v) is 2.41. The van der Waals surface area contributed by atoms with Crippen LogP contribution in [-0.2, 0) is 19.1 Å². The maximum atomic E-state index is 11.4. The van der Waals surface area contributed by atoms with Crippen molar-refractivity contribution in [3.05, 3.63) is 12.7 Å². The topological polar surface area (TPSA) is 52.6 Å². The Hall–Kier alpha value is -1.32. The van der Waals surface area contributed by atoms with Crippen LogP contribution in [0, 0.1) is 11.8 Å². The number of carbonyl (C=O) groups is 2. The molecule has 1 saturated carbocycles. The van der Waals surface area contributed by atoms with E-state index in [1.807, 2.05) is 0 Å². The SMILES string of the molecule is C=CC(=O)OC1CC2CCOC(=O)C2C1. The van der Waals surface area contributed by atoms with E-state index in [-0.39, 0.29) is 18.0 Å². The van der Waals surface area contributed by atoms with Gasteiger partial charge in [-0.2, -0.15) is 0 Å². The van der Waals surface area contributed by atoms with Crippen molar-refractivity contribution >= 4 is 11.9 Å². The molecule has 15 heavy (non-hydrogen) atoms. The van der Waals surface area contributed by atoms with Gasteiger partial charge in [0, 0.05) is 6.08 Å². The van der Waals surface area contributed by atoms with E-state index in [1.54, 1.807) is 0 Å². The number of hydrogen-bond donors (Lipinski definition) is 0. The lowest BCUT2D eigenvalue weighted by Gasteiger charge is -2.22. The molecule has 0 bridgehead atoms. The summed E-state index contributed by atoms with van der Waals surface area (Å²) >= 11 is 0. The molecule has 1 aliphatic heterocycles. The largest absolute Gasteiger partial charge is 0.465 e. The van der Waals surface area contributed by atoms with E-state index in [9.17, 15) is 9.59 Å². The highest BCUT2D eigenvalue weighted by Gasteiger charge is 2.43. The van der Waals surface area contributed by atoms with Gasteiger partial charge in [-0.25, -0.2) is 4.79 Å². The zero-order valence-corrected chi connectivity index (χ0v) is 8.48. The predicted molar refractivity (Wildman–Crippen MR) is 51.9 cm³/mol. The Morgan fingerprint density at radius 1 is 1.53 bits per heavy atom. The summed E-state index contributed by atoms with van der Waals surface area (Å²) in [7, 11) is 0.